The number of Topliss-reactive ketones (excluding diaryl/α,β-unsaturated/α-hetero) is 1. The molecule has 0 spiro atoms. The van der Waals surface area contributed by atoms with Crippen molar-refractivity contribution in [3.05, 3.63) is 33.7 Å². The molecule has 0 saturated carbocycles. The highest BCUT2D eigenvalue weighted by atomic mass is 16.7. The first-order valence-corrected chi connectivity index (χ1v) is 7.22. The maximum absolute atomic E-state index is 12.1. The van der Waals surface area contributed by atoms with Crippen LogP contribution in [0.1, 0.15) is 26.7 Å². The zero-order valence-electron chi connectivity index (χ0n) is 13.1. The second-order valence-electron chi connectivity index (χ2n) is 6.39. The molecule has 1 aromatic rings. The van der Waals surface area contributed by atoms with Crippen LogP contribution >= 0.6 is 0 Å². The lowest BCUT2D eigenvalue weighted by atomic mass is 9.78. The largest absolute Gasteiger partial charge is 0.510 e. The minimum Gasteiger partial charge on any atom is -0.510 e. The van der Waals surface area contributed by atoms with Gasteiger partial charge in [-0.05, 0) is 5.41 Å². The maximum Gasteiger partial charge on any atom is 0.300 e. The highest BCUT2D eigenvalue weighted by molar-refractivity contribution is 5.96. The molecule has 0 amide bonds. The number of nitrogens with zero attached hydrogens (tertiary/aromatic N) is 3. The van der Waals surface area contributed by atoms with Crippen molar-refractivity contribution in [1.82, 2.24) is 0 Å². The summed E-state index contributed by atoms with van der Waals surface area (Å²) in [7, 11) is 0. The van der Waals surface area contributed by atoms with Gasteiger partial charge in [0, 0.05) is 18.9 Å². The summed E-state index contributed by atoms with van der Waals surface area (Å²) < 4.78 is 10.3. The summed E-state index contributed by atoms with van der Waals surface area (Å²) in [5.41, 5.74) is -0.930. The Morgan fingerprint density at radius 2 is 1.88 bits per heavy atom. The molecular weight excluding hydrogens is 318 g/mol. The second kappa shape index (κ2) is 5.59. The van der Waals surface area contributed by atoms with Gasteiger partial charge in [-0.1, -0.05) is 13.8 Å². The Labute approximate surface area is 136 Å². The van der Waals surface area contributed by atoms with Crippen molar-refractivity contribution in [3.63, 3.8) is 0 Å². The van der Waals surface area contributed by atoms with Gasteiger partial charge < -0.3 is 14.6 Å². The van der Waals surface area contributed by atoms with E-state index in [4.69, 9.17) is 9.47 Å². The number of nitro groups is 1. The van der Waals surface area contributed by atoms with Crippen molar-refractivity contribution in [1.29, 1.82) is 0 Å². The average molecular weight is 333 g/mol. The highest BCUT2D eigenvalue weighted by Gasteiger charge is 2.33. The van der Waals surface area contributed by atoms with Crippen molar-refractivity contribution >= 4 is 17.2 Å². The van der Waals surface area contributed by atoms with Crippen LogP contribution in [0.5, 0.6) is 11.5 Å². The van der Waals surface area contributed by atoms with Gasteiger partial charge >= 0.3 is 5.69 Å². The summed E-state index contributed by atoms with van der Waals surface area (Å²) in [6.45, 7) is 3.68. The van der Waals surface area contributed by atoms with Gasteiger partial charge in [0.05, 0.1) is 11.0 Å². The lowest BCUT2D eigenvalue weighted by molar-refractivity contribution is -0.384. The van der Waals surface area contributed by atoms with Crippen LogP contribution < -0.4 is 9.47 Å². The van der Waals surface area contributed by atoms with E-state index in [1.165, 1.54) is 12.1 Å². The minimum absolute atomic E-state index is 0.0351. The first-order chi connectivity index (χ1) is 11.3. The molecule has 126 valence electrons. The predicted octanol–water partition coefficient (Wildman–Crippen LogP) is 3.57. The number of aliphatic hydroxyl groups excluding tert-OH is 1. The van der Waals surface area contributed by atoms with E-state index in [2.05, 4.69) is 10.2 Å². The molecule has 1 aromatic carbocycles. The van der Waals surface area contributed by atoms with Crippen molar-refractivity contribution in [2.24, 2.45) is 15.6 Å². The Balaban J connectivity index is 1.98. The van der Waals surface area contributed by atoms with Crippen molar-refractivity contribution < 1.29 is 24.3 Å². The summed E-state index contributed by atoms with van der Waals surface area (Å²) >= 11 is 0. The number of aliphatic hydroxyl groups is 1. The van der Waals surface area contributed by atoms with Crippen LogP contribution in [0.2, 0.25) is 0 Å². The van der Waals surface area contributed by atoms with Gasteiger partial charge in [0.25, 0.3) is 0 Å². The summed E-state index contributed by atoms with van der Waals surface area (Å²) in [6.07, 6.45) is 0.505. The number of hydrogen-bond donors (Lipinski definition) is 1. The Hall–Kier alpha value is -2.97. The number of nitro benzene ring substituents is 1. The molecule has 3 rings (SSSR count). The molecule has 0 saturated heterocycles. The molecule has 0 fully saturated rings. The molecule has 1 N–H and O–H groups in total. The van der Waals surface area contributed by atoms with Gasteiger partial charge in [-0.3, -0.25) is 14.9 Å². The number of rotatable bonds is 3. The molecule has 1 aliphatic heterocycles. The Morgan fingerprint density at radius 1 is 1.21 bits per heavy atom. The zero-order valence-corrected chi connectivity index (χ0v) is 13.1. The van der Waals surface area contributed by atoms with Crippen molar-refractivity contribution in [2.75, 3.05) is 6.79 Å². The van der Waals surface area contributed by atoms with Crippen LogP contribution in [0.15, 0.2) is 33.8 Å². The van der Waals surface area contributed by atoms with E-state index in [0.29, 0.717) is 5.75 Å². The zero-order chi connectivity index (χ0) is 17.5. The van der Waals surface area contributed by atoms with Gasteiger partial charge in [0.2, 0.25) is 6.79 Å². The molecule has 9 heteroatoms. The molecule has 9 nitrogen and oxygen atoms in total. The van der Waals surface area contributed by atoms with E-state index in [-0.39, 0.29) is 59.4 Å². The number of fused-ring (bicyclic) bond motifs is 1. The summed E-state index contributed by atoms with van der Waals surface area (Å²) in [5.74, 6) is 0.0429. The number of carbonyl (C=O) groups is 1. The first kappa shape index (κ1) is 15.9. The number of hydrogen-bond acceptors (Lipinski definition) is 8. The third-order valence-electron chi connectivity index (χ3n) is 3.75. The molecule has 0 radical (unpaired) electrons. The first-order valence-electron chi connectivity index (χ1n) is 7.22. The minimum atomic E-state index is -0.629. The topological polar surface area (TPSA) is 124 Å². The second-order valence-corrected chi connectivity index (χ2v) is 6.39. The van der Waals surface area contributed by atoms with Crippen LogP contribution in [-0.2, 0) is 4.79 Å². The van der Waals surface area contributed by atoms with Crippen molar-refractivity contribution in [3.8, 4) is 11.5 Å². The summed E-state index contributed by atoms with van der Waals surface area (Å²) in [6, 6.07) is 2.51. The Kier molecular flexibility index (Phi) is 3.70. The highest BCUT2D eigenvalue weighted by Crippen LogP contribution is 2.42. The SMILES string of the molecule is CC1(C)CC(=O)C(N=Nc2cc3c(cc2[N+](=O)[O-])OCO3)=C(O)C1. The summed E-state index contributed by atoms with van der Waals surface area (Å²) in [5, 5.41) is 28.7. The number of ether oxygens (including phenoxy) is 2. The average Bonchev–Trinajstić information content (AvgIpc) is 2.91. The van der Waals surface area contributed by atoms with Crippen LogP contribution in [0.3, 0.4) is 0 Å². The third kappa shape index (κ3) is 2.92. The molecule has 2 aliphatic rings. The summed E-state index contributed by atoms with van der Waals surface area (Å²) in [4.78, 5) is 22.6. The van der Waals surface area contributed by atoms with E-state index in [0.717, 1.165) is 0 Å². The number of ketones is 1. The Bertz CT molecular complexity index is 797. The molecule has 0 bridgehead atoms. The molecule has 0 atom stereocenters. The number of allylic oxidation sites excluding steroid dienone is 2. The van der Waals surface area contributed by atoms with Gasteiger partial charge in [0.15, 0.2) is 28.7 Å². The lowest BCUT2D eigenvalue weighted by Crippen LogP contribution is -2.25. The third-order valence-corrected chi connectivity index (χ3v) is 3.75. The fourth-order valence-electron chi connectivity index (χ4n) is 2.64. The van der Waals surface area contributed by atoms with Gasteiger partial charge in [-0.25, -0.2) is 0 Å². The molecular formula is C15H15N3O6. The molecule has 1 heterocycles. The number of benzene rings is 1. The molecule has 0 unspecified atom stereocenters. The standard InChI is InChI=1S/C15H15N3O6/c1-15(2)5-10(19)14(11(20)6-15)17-16-8-3-12-13(24-7-23-12)4-9(8)18(21)22/h3-4,19H,5-7H2,1-2H3. The van der Waals surface area contributed by atoms with Gasteiger partial charge in [0.1, 0.15) is 5.76 Å². The Morgan fingerprint density at radius 3 is 2.50 bits per heavy atom. The van der Waals surface area contributed by atoms with E-state index in [1.807, 2.05) is 13.8 Å². The monoisotopic (exact) mass is 333 g/mol. The van der Waals surface area contributed by atoms with Gasteiger partial charge in [-0.15, -0.1) is 10.2 Å². The van der Waals surface area contributed by atoms with E-state index in [9.17, 15) is 20.0 Å². The quantitative estimate of drug-likeness (QED) is 0.512. The van der Waals surface area contributed by atoms with E-state index in [1.54, 1.807) is 0 Å². The molecule has 1 aliphatic carbocycles. The number of azo groups is 1. The number of carbonyl (C=O) groups excluding carboxylic acids is 1. The van der Waals surface area contributed by atoms with E-state index >= 15 is 0 Å². The normalized spacial score (nSPS) is 19.2. The van der Waals surface area contributed by atoms with Crippen LogP contribution in [-0.4, -0.2) is 22.6 Å². The predicted molar refractivity (Wildman–Crippen MR) is 81.4 cm³/mol. The van der Waals surface area contributed by atoms with Crippen LogP contribution in [0.4, 0.5) is 11.4 Å². The van der Waals surface area contributed by atoms with Crippen LogP contribution in [0, 0.1) is 15.5 Å². The lowest BCUT2D eigenvalue weighted by Gasteiger charge is -2.27. The molecule has 24 heavy (non-hydrogen) atoms. The molecule has 0 aromatic heterocycles. The smallest absolute Gasteiger partial charge is 0.300 e. The van der Waals surface area contributed by atoms with Crippen molar-refractivity contribution in [2.45, 2.75) is 26.7 Å². The maximum atomic E-state index is 12.1. The van der Waals surface area contributed by atoms with Gasteiger partial charge in [-0.2, -0.15) is 0 Å². The van der Waals surface area contributed by atoms with E-state index < -0.39 is 4.92 Å². The fourth-order valence-corrected chi connectivity index (χ4v) is 2.64. The van der Waals surface area contributed by atoms with Crippen LogP contribution in [0.25, 0.3) is 0 Å². The fraction of sp³-hybridized carbons (Fsp3) is 0.400.